The normalized spacial score (nSPS) is 11.0. The molecular formula is C16H16BrN3O3. The molecule has 2 aromatic rings. The molecule has 2 rings (SSSR count). The highest BCUT2D eigenvalue weighted by Crippen LogP contribution is 2.27. The number of halogens is 1. The Morgan fingerprint density at radius 3 is 2.52 bits per heavy atom. The van der Waals surface area contributed by atoms with Gasteiger partial charge in [-0.25, -0.2) is 5.43 Å². The third-order valence-corrected chi connectivity index (χ3v) is 3.53. The van der Waals surface area contributed by atoms with Gasteiger partial charge in [0.2, 0.25) is 0 Å². The first-order valence-corrected chi connectivity index (χ1v) is 7.52. The second-order valence-corrected chi connectivity index (χ2v) is 5.52. The van der Waals surface area contributed by atoms with Crippen molar-refractivity contribution < 1.29 is 14.3 Å². The highest BCUT2D eigenvalue weighted by molar-refractivity contribution is 9.10. The van der Waals surface area contributed by atoms with Gasteiger partial charge in [0.15, 0.2) is 11.5 Å². The number of carbonyl (C=O) groups excluding carboxylic acids is 1. The Kier molecular flexibility index (Phi) is 5.70. The summed E-state index contributed by atoms with van der Waals surface area (Å²) in [4.78, 5) is 16.0. The Balaban J connectivity index is 2.15. The van der Waals surface area contributed by atoms with Crippen LogP contribution in [0, 0.1) is 0 Å². The lowest BCUT2D eigenvalue weighted by Crippen LogP contribution is -2.19. The summed E-state index contributed by atoms with van der Waals surface area (Å²) < 4.78 is 11.2. The Hall–Kier alpha value is -2.41. The first-order chi connectivity index (χ1) is 11.0. The number of nitrogens with zero attached hydrogens (tertiary/aromatic N) is 2. The minimum atomic E-state index is -0.335. The summed E-state index contributed by atoms with van der Waals surface area (Å²) in [6.07, 6.45) is 3.08. The van der Waals surface area contributed by atoms with Crippen LogP contribution in [0.5, 0.6) is 11.5 Å². The first-order valence-electron chi connectivity index (χ1n) is 6.72. The molecule has 7 heteroatoms. The molecule has 0 radical (unpaired) electrons. The monoisotopic (exact) mass is 377 g/mol. The van der Waals surface area contributed by atoms with Gasteiger partial charge in [0.25, 0.3) is 5.91 Å². The van der Waals surface area contributed by atoms with Crippen LogP contribution in [-0.2, 0) is 0 Å². The third kappa shape index (κ3) is 4.29. The zero-order valence-corrected chi connectivity index (χ0v) is 14.5. The quantitative estimate of drug-likeness (QED) is 0.641. The van der Waals surface area contributed by atoms with Gasteiger partial charge in [-0.3, -0.25) is 9.78 Å². The first kappa shape index (κ1) is 17.0. The van der Waals surface area contributed by atoms with Gasteiger partial charge >= 0.3 is 0 Å². The van der Waals surface area contributed by atoms with Crippen LogP contribution < -0.4 is 14.9 Å². The SMILES string of the molecule is COc1ccc(/C(C)=N\NC(=O)c2cncc(Br)c2)cc1OC. The molecule has 0 saturated heterocycles. The Morgan fingerprint density at radius 2 is 1.87 bits per heavy atom. The highest BCUT2D eigenvalue weighted by Gasteiger charge is 2.08. The lowest BCUT2D eigenvalue weighted by Gasteiger charge is -2.09. The van der Waals surface area contributed by atoms with E-state index in [2.05, 4.69) is 31.4 Å². The number of pyridine rings is 1. The van der Waals surface area contributed by atoms with Crippen LogP contribution in [0.4, 0.5) is 0 Å². The molecule has 6 nitrogen and oxygen atoms in total. The lowest BCUT2D eigenvalue weighted by molar-refractivity contribution is 0.0954. The van der Waals surface area contributed by atoms with E-state index in [9.17, 15) is 4.79 Å². The largest absolute Gasteiger partial charge is 0.493 e. The molecule has 0 unspecified atom stereocenters. The molecule has 1 amide bonds. The molecule has 0 spiro atoms. The van der Waals surface area contributed by atoms with Gasteiger partial charge in [0.1, 0.15) is 0 Å². The zero-order chi connectivity index (χ0) is 16.8. The highest BCUT2D eigenvalue weighted by atomic mass is 79.9. The maximum absolute atomic E-state index is 12.0. The van der Waals surface area contributed by atoms with E-state index < -0.39 is 0 Å². The number of ether oxygens (including phenoxy) is 2. The number of amides is 1. The van der Waals surface area contributed by atoms with E-state index in [1.165, 1.54) is 6.20 Å². The topological polar surface area (TPSA) is 72.8 Å². The van der Waals surface area contributed by atoms with Gasteiger partial charge < -0.3 is 9.47 Å². The molecule has 1 aromatic carbocycles. The number of nitrogens with one attached hydrogen (secondary N) is 1. The molecule has 0 bridgehead atoms. The predicted molar refractivity (Wildman–Crippen MR) is 91.2 cm³/mol. The van der Waals surface area contributed by atoms with Crippen LogP contribution >= 0.6 is 15.9 Å². The van der Waals surface area contributed by atoms with E-state index in [4.69, 9.17) is 9.47 Å². The average molecular weight is 378 g/mol. The summed E-state index contributed by atoms with van der Waals surface area (Å²) >= 11 is 3.27. The molecule has 120 valence electrons. The molecule has 0 fully saturated rings. The number of aromatic nitrogens is 1. The van der Waals surface area contributed by atoms with Gasteiger partial charge in [0.05, 0.1) is 25.5 Å². The number of hydrogen-bond donors (Lipinski definition) is 1. The van der Waals surface area contributed by atoms with Gasteiger partial charge in [-0.15, -0.1) is 0 Å². The summed E-state index contributed by atoms with van der Waals surface area (Å²) in [5, 5.41) is 4.11. The van der Waals surface area contributed by atoms with Crippen LogP contribution in [0.1, 0.15) is 22.8 Å². The summed E-state index contributed by atoms with van der Waals surface area (Å²) in [5.74, 6) is 0.897. The fourth-order valence-electron chi connectivity index (χ4n) is 1.86. The summed E-state index contributed by atoms with van der Waals surface area (Å²) in [6.45, 7) is 1.79. The standard InChI is InChI=1S/C16H16BrN3O3/c1-10(11-4-5-14(22-2)15(7-11)23-3)19-20-16(21)12-6-13(17)9-18-8-12/h4-9H,1-3H3,(H,20,21)/b19-10-. The minimum Gasteiger partial charge on any atom is -0.493 e. The van der Waals surface area contributed by atoms with E-state index in [0.29, 0.717) is 22.8 Å². The number of methoxy groups -OCH3 is 2. The van der Waals surface area contributed by atoms with Gasteiger partial charge in [-0.1, -0.05) is 0 Å². The maximum atomic E-state index is 12.0. The maximum Gasteiger partial charge on any atom is 0.272 e. The van der Waals surface area contributed by atoms with Crippen molar-refractivity contribution in [3.05, 3.63) is 52.3 Å². The molecular weight excluding hydrogens is 362 g/mol. The predicted octanol–water partition coefficient (Wildman–Crippen LogP) is 3.02. The molecule has 23 heavy (non-hydrogen) atoms. The Labute approximate surface area is 142 Å². The van der Waals surface area contributed by atoms with Crippen molar-refractivity contribution in [1.29, 1.82) is 0 Å². The van der Waals surface area contributed by atoms with Crippen molar-refractivity contribution in [1.82, 2.24) is 10.4 Å². The second kappa shape index (κ2) is 7.73. The third-order valence-electron chi connectivity index (χ3n) is 3.09. The van der Waals surface area contributed by atoms with Crippen LogP contribution in [0.25, 0.3) is 0 Å². The molecule has 0 aliphatic heterocycles. The van der Waals surface area contributed by atoms with Crippen LogP contribution in [0.15, 0.2) is 46.2 Å². The summed E-state index contributed by atoms with van der Waals surface area (Å²) in [7, 11) is 3.14. The second-order valence-electron chi connectivity index (χ2n) is 4.60. The van der Waals surface area contributed by atoms with Crippen molar-refractivity contribution in [2.45, 2.75) is 6.92 Å². The van der Waals surface area contributed by atoms with Crippen molar-refractivity contribution >= 4 is 27.5 Å². The van der Waals surface area contributed by atoms with Gasteiger partial charge in [-0.05, 0) is 47.1 Å². The van der Waals surface area contributed by atoms with Crippen molar-refractivity contribution in [2.75, 3.05) is 14.2 Å². The van der Waals surface area contributed by atoms with Crippen LogP contribution in [0.3, 0.4) is 0 Å². The molecule has 0 aliphatic rings. The van der Waals surface area contributed by atoms with Crippen molar-refractivity contribution in [3.63, 3.8) is 0 Å². The summed E-state index contributed by atoms with van der Waals surface area (Å²) in [5.41, 5.74) is 4.38. The molecule has 0 atom stereocenters. The van der Waals surface area contributed by atoms with E-state index in [1.807, 2.05) is 6.07 Å². The number of benzene rings is 1. The lowest BCUT2D eigenvalue weighted by atomic mass is 10.1. The van der Waals surface area contributed by atoms with Gasteiger partial charge in [0, 0.05) is 22.4 Å². The molecule has 0 saturated carbocycles. The number of hydrazone groups is 1. The Bertz CT molecular complexity index is 747. The fraction of sp³-hybridized carbons (Fsp3) is 0.188. The number of hydrogen-bond acceptors (Lipinski definition) is 5. The van der Waals surface area contributed by atoms with Crippen LogP contribution in [0.2, 0.25) is 0 Å². The van der Waals surface area contributed by atoms with E-state index in [1.54, 1.807) is 45.5 Å². The molecule has 1 heterocycles. The fourth-order valence-corrected chi connectivity index (χ4v) is 2.23. The zero-order valence-electron chi connectivity index (χ0n) is 13.0. The number of rotatable bonds is 5. The van der Waals surface area contributed by atoms with Crippen molar-refractivity contribution in [2.24, 2.45) is 5.10 Å². The van der Waals surface area contributed by atoms with Crippen molar-refractivity contribution in [3.8, 4) is 11.5 Å². The minimum absolute atomic E-state index is 0.335. The molecule has 1 aromatic heterocycles. The molecule has 1 N–H and O–H groups in total. The number of carbonyl (C=O) groups is 1. The van der Waals surface area contributed by atoms with Crippen LogP contribution in [-0.4, -0.2) is 30.8 Å². The Morgan fingerprint density at radius 1 is 1.13 bits per heavy atom. The van der Waals surface area contributed by atoms with Gasteiger partial charge in [-0.2, -0.15) is 5.10 Å². The smallest absolute Gasteiger partial charge is 0.272 e. The summed E-state index contributed by atoms with van der Waals surface area (Å²) in [6, 6.07) is 7.09. The average Bonchev–Trinajstić information content (AvgIpc) is 2.58. The van der Waals surface area contributed by atoms with E-state index >= 15 is 0 Å². The molecule has 0 aliphatic carbocycles. The van der Waals surface area contributed by atoms with E-state index in [0.717, 1.165) is 10.0 Å². The van der Waals surface area contributed by atoms with E-state index in [-0.39, 0.29) is 5.91 Å².